The quantitative estimate of drug-likeness (QED) is 0.835. The Labute approximate surface area is 144 Å². The van der Waals surface area contributed by atoms with Gasteiger partial charge >= 0.3 is 0 Å². The number of methoxy groups -OCH3 is 2. The van der Waals surface area contributed by atoms with Crippen LogP contribution in [-0.2, 0) is 10.0 Å². The fourth-order valence-electron chi connectivity index (χ4n) is 2.88. The third-order valence-electron chi connectivity index (χ3n) is 4.03. The molecular formula is C15H25ClN2O4S. The minimum atomic E-state index is -3.55. The fraction of sp³-hybridized carbons (Fsp3) is 0.600. The monoisotopic (exact) mass is 364 g/mol. The molecule has 132 valence electrons. The van der Waals surface area contributed by atoms with Crippen LogP contribution in [0.2, 0.25) is 0 Å². The summed E-state index contributed by atoms with van der Waals surface area (Å²) in [4.78, 5) is 0.231. The Morgan fingerprint density at radius 3 is 2.52 bits per heavy atom. The van der Waals surface area contributed by atoms with E-state index in [1.165, 1.54) is 20.3 Å². The summed E-state index contributed by atoms with van der Waals surface area (Å²) in [5.41, 5.74) is 5.63. The second-order valence-electron chi connectivity index (χ2n) is 5.36. The van der Waals surface area contributed by atoms with Crippen molar-refractivity contribution in [2.75, 3.05) is 27.3 Å². The van der Waals surface area contributed by atoms with Gasteiger partial charge in [0.1, 0.15) is 0 Å². The molecule has 8 heteroatoms. The minimum Gasteiger partial charge on any atom is -0.493 e. The Kier molecular flexibility index (Phi) is 7.60. The molecule has 0 amide bonds. The number of halogens is 1. The molecule has 2 rings (SSSR count). The molecule has 1 atom stereocenters. The second-order valence-corrected chi connectivity index (χ2v) is 7.25. The molecule has 0 saturated carbocycles. The van der Waals surface area contributed by atoms with E-state index in [0.717, 1.165) is 19.3 Å². The van der Waals surface area contributed by atoms with Gasteiger partial charge in [0.05, 0.1) is 19.1 Å². The summed E-state index contributed by atoms with van der Waals surface area (Å²) in [7, 11) is -0.535. The van der Waals surface area contributed by atoms with Crippen LogP contribution in [0.4, 0.5) is 0 Å². The topological polar surface area (TPSA) is 81.9 Å². The van der Waals surface area contributed by atoms with Crippen molar-refractivity contribution in [3.05, 3.63) is 18.2 Å². The third kappa shape index (κ3) is 4.29. The lowest BCUT2D eigenvalue weighted by molar-refractivity contribution is 0.243. The molecule has 2 N–H and O–H groups in total. The highest BCUT2D eigenvalue weighted by molar-refractivity contribution is 7.89. The number of hydrogen-bond donors (Lipinski definition) is 1. The highest BCUT2D eigenvalue weighted by atomic mass is 35.5. The van der Waals surface area contributed by atoms with Crippen LogP contribution in [0.1, 0.15) is 25.7 Å². The first kappa shape index (κ1) is 20.0. The predicted octanol–water partition coefficient (Wildman–Crippen LogP) is 2.02. The molecule has 1 aliphatic rings. The zero-order valence-corrected chi connectivity index (χ0v) is 15.2. The van der Waals surface area contributed by atoms with Crippen LogP contribution in [0.5, 0.6) is 11.5 Å². The van der Waals surface area contributed by atoms with E-state index < -0.39 is 10.0 Å². The van der Waals surface area contributed by atoms with Crippen LogP contribution in [0.15, 0.2) is 23.1 Å². The van der Waals surface area contributed by atoms with Crippen molar-refractivity contribution in [3.63, 3.8) is 0 Å². The zero-order valence-electron chi connectivity index (χ0n) is 13.5. The molecule has 0 aromatic heterocycles. The van der Waals surface area contributed by atoms with Crippen molar-refractivity contribution in [1.82, 2.24) is 4.31 Å². The van der Waals surface area contributed by atoms with E-state index in [1.54, 1.807) is 16.4 Å². The third-order valence-corrected chi connectivity index (χ3v) is 5.98. The average Bonchev–Trinajstić information content (AvgIpc) is 2.54. The minimum absolute atomic E-state index is 0. The van der Waals surface area contributed by atoms with E-state index in [0.29, 0.717) is 31.0 Å². The van der Waals surface area contributed by atoms with Crippen LogP contribution < -0.4 is 15.2 Å². The second kappa shape index (κ2) is 8.73. The molecule has 1 saturated heterocycles. The normalized spacial score (nSPS) is 19.0. The molecule has 1 heterocycles. The smallest absolute Gasteiger partial charge is 0.243 e. The van der Waals surface area contributed by atoms with Crippen molar-refractivity contribution < 1.29 is 17.9 Å². The van der Waals surface area contributed by atoms with Crippen molar-refractivity contribution >= 4 is 22.4 Å². The lowest BCUT2D eigenvalue weighted by atomic mass is 10.0. The lowest BCUT2D eigenvalue weighted by Crippen LogP contribution is -2.44. The van der Waals surface area contributed by atoms with Crippen LogP contribution in [0.25, 0.3) is 0 Å². The molecule has 1 aromatic carbocycles. The van der Waals surface area contributed by atoms with Gasteiger partial charge in [-0.25, -0.2) is 8.42 Å². The summed E-state index contributed by atoms with van der Waals surface area (Å²) in [6.45, 7) is 1.03. The number of sulfonamides is 1. The van der Waals surface area contributed by atoms with Gasteiger partial charge in [-0.3, -0.25) is 0 Å². The zero-order chi connectivity index (χ0) is 16.2. The largest absolute Gasteiger partial charge is 0.493 e. The molecule has 0 spiro atoms. The van der Waals surface area contributed by atoms with Crippen molar-refractivity contribution in [2.24, 2.45) is 5.73 Å². The SMILES string of the molecule is COc1ccc(S(=O)(=O)N2CCCCC2CCN)cc1OC.Cl. The van der Waals surface area contributed by atoms with Gasteiger partial charge < -0.3 is 15.2 Å². The number of hydrogen-bond acceptors (Lipinski definition) is 5. The Bertz CT molecular complexity index is 607. The molecular weight excluding hydrogens is 340 g/mol. The Morgan fingerprint density at radius 1 is 1.22 bits per heavy atom. The maximum atomic E-state index is 12.9. The maximum Gasteiger partial charge on any atom is 0.243 e. The number of ether oxygens (including phenoxy) is 2. The lowest BCUT2D eigenvalue weighted by Gasteiger charge is -2.34. The molecule has 1 aromatic rings. The van der Waals surface area contributed by atoms with E-state index in [1.807, 2.05) is 0 Å². The summed E-state index contributed by atoms with van der Waals surface area (Å²) < 4.78 is 37.8. The van der Waals surface area contributed by atoms with Gasteiger partial charge in [-0.2, -0.15) is 4.31 Å². The summed E-state index contributed by atoms with van der Waals surface area (Å²) in [6, 6.07) is 4.68. The van der Waals surface area contributed by atoms with Crippen LogP contribution >= 0.6 is 12.4 Å². The summed E-state index contributed by atoms with van der Waals surface area (Å²) in [5.74, 6) is 0.926. The molecule has 1 unspecified atom stereocenters. The molecule has 6 nitrogen and oxygen atoms in total. The summed E-state index contributed by atoms with van der Waals surface area (Å²) in [5, 5.41) is 0. The van der Waals surface area contributed by atoms with E-state index in [4.69, 9.17) is 15.2 Å². The van der Waals surface area contributed by atoms with Gasteiger partial charge in [0, 0.05) is 18.7 Å². The molecule has 0 aliphatic carbocycles. The molecule has 1 aliphatic heterocycles. The number of nitrogens with two attached hydrogens (primary N) is 1. The first-order valence-electron chi connectivity index (χ1n) is 7.48. The van der Waals surface area contributed by atoms with Crippen molar-refractivity contribution in [1.29, 1.82) is 0 Å². The van der Waals surface area contributed by atoms with Crippen molar-refractivity contribution in [2.45, 2.75) is 36.6 Å². The first-order chi connectivity index (χ1) is 10.5. The first-order valence-corrected chi connectivity index (χ1v) is 8.92. The van der Waals surface area contributed by atoms with Crippen LogP contribution in [-0.4, -0.2) is 46.1 Å². The maximum absolute atomic E-state index is 12.9. The van der Waals surface area contributed by atoms with Crippen molar-refractivity contribution in [3.8, 4) is 11.5 Å². The average molecular weight is 365 g/mol. The van der Waals surface area contributed by atoms with Gasteiger partial charge in [0.2, 0.25) is 10.0 Å². The predicted molar refractivity (Wildman–Crippen MR) is 92.0 cm³/mol. The van der Waals surface area contributed by atoms with E-state index >= 15 is 0 Å². The molecule has 0 bridgehead atoms. The summed E-state index contributed by atoms with van der Waals surface area (Å²) >= 11 is 0. The Hall–Kier alpha value is -1.02. The Balaban J connectivity index is 0.00000264. The number of rotatable bonds is 6. The summed E-state index contributed by atoms with van der Waals surface area (Å²) in [6.07, 6.45) is 3.48. The van der Waals surface area contributed by atoms with Gasteiger partial charge in [-0.05, 0) is 37.9 Å². The Morgan fingerprint density at radius 2 is 1.91 bits per heavy atom. The van der Waals surface area contributed by atoms with E-state index in [-0.39, 0.29) is 23.3 Å². The fourth-order valence-corrected chi connectivity index (χ4v) is 4.62. The molecule has 23 heavy (non-hydrogen) atoms. The van der Waals surface area contributed by atoms with Gasteiger partial charge in [-0.15, -0.1) is 12.4 Å². The standard InChI is InChI=1S/C15H24N2O4S.ClH/c1-20-14-7-6-13(11-15(14)21-2)22(18,19)17-10-4-3-5-12(17)8-9-16;/h6-7,11-12H,3-5,8-10,16H2,1-2H3;1H. The number of nitrogens with zero attached hydrogens (tertiary/aromatic N) is 1. The molecule has 0 radical (unpaired) electrons. The number of piperidine rings is 1. The van der Waals surface area contributed by atoms with Gasteiger partial charge in [0.15, 0.2) is 11.5 Å². The van der Waals surface area contributed by atoms with Gasteiger partial charge in [0.25, 0.3) is 0 Å². The van der Waals surface area contributed by atoms with E-state index in [9.17, 15) is 8.42 Å². The van der Waals surface area contributed by atoms with Gasteiger partial charge in [-0.1, -0.05) is 6.42 Å². The molecule has 1 fully saturated rings. The highest BCUT2D eigenvalue weighted by Gasteiger charge is 2.33. The number of benzene rings is 1. The highest BCUT2D eigenvalue weighted by Crippen LogP contribution is 2.33. The van der Waals surface area contributed by atoms with Crippen LogP contribution in [0.3, 0.4) is 0 Å². The van der Waals surface area contributed by atoms with E-state index in [2.05, 4.69) is 0 Å². The van der Waals surface area contributed by atoms with Crippen LogP contribution in [0, 0.1) is 0 Å².